The van der Waals surface area contributed by atoms with Crippen LogP contribution in [0.15, 0.2) is 11.2 Å². The molecule has 2 heterocycles. The molecule has 0 unspecified atom stereocenters. The van der Waals surface area contributed by atoms with E-state index in [1.807, 2.05) is 6.92 Å². The van der Waals surface area contributed by atoms with Crippen LogP contribution in [0.2, 0.25) is 0 Å². The lowest BCUT2D eigenvalue weighted by molar-refractivity contribution is 0.602. The summed E-state index contributed by atoms with van der Waals surface area (Å²) in [6.45, 7) is 1.81. The zero-order valence-electron chi connectivity index (χ0n) is 8.47. The first-order chi connectivity index (χ1) is 7.38. The lowest BCUT2D eigenvalue weighted by Gasteiger charge is -1.93. The molecule has 0 atom stereocenters. The molecule has 2 aromatic rings. The summed E-state index contributed by atoms with van der Waals surface area (Å²) in [5.41, 5.74) is 1.40. The number of hydrogen-bond donors (Lipinski definition) is 1. The van der Waals surface area contributed by atoms with Crippen molar-refractivity contribution in [1.82, 2.24) is 25.0 Å². The standard InChI is InChI=1S/C7H8ClN5O2S/c1-4-3-5(13(2)12-4)6-9-7(11-10-6)16(8,14)15/h3H,1-2H3,(H,9,10,11). The predicted molar refractivity (Wildman–Crippen MR) is 56.4 cm³/mol. The highest BCUT2D eigenvalue weighted by atomic mass is 35.7. The fraction of sp³-hybridized carbons (Fsp3) is 0.286. The molecule has 0 spiro atoms. The molecule has 2 rings (SSSR count). The van der Waals surface area contributed by atoms with Crippen LogP contribution in [0, 0.1) is 6.92 Å². The summed E-state index contributed by atoms with van der Waals surface area (Å²) in [5, 5.41) is 9.75. The first-order valence-electron chi connectivity index (χ1n) is 4.26. The van der Waals surface area contributed by atoms with Gasteiger partial charge in [-0.1, -0.05) is 0 Å². The van der Waals surface area contributed by atoms with Gasteiger partial charge in [0.15, 0.2) is 5.82 Å². The van der Waals surface area contributed by atoms with Crippen LogP contribution in [0.4, 0.5) is 0 Å². The molecule has 16 heavy (non-hydrogen) atoms. The first kappa shape index (κ1) is 11.1. The van der Waals surface area contributed by atoms with Crippen molar-refractivity contribution in [3.8, 4) is 11.5 Å². The Morgan fingerprint density at radius 1 is 1.50 bits per heavy atom. The van der Waals surface area contributed by atoms with Gasteiger partial charge in [0.2, 0.25) is 0 Å². The Morgan fingerprint density at radius 2 is 2.19 bits per heavy atom. The van der Waals surface area contributed by atoms with Crippen LogP contribution >= 0.6 is 10.7 Å². The quantitative estimate of drug-likeness (QED) is 0.792. The van der Waals surface area contributed by atoms with Gasteiger partial charge in [-0.05, 0) is 13.0 Å². The van der Waals surface area contributed by atoms with Crippen molar-refractivity contribution in [2.75, 3.05) is 0 Å². The number of hydrogen-bond acceptors (Lipinski definition) is 5. The Kier molecular flexibility index (Phi) is 2.47. The largest absolute Gasteiger partial charge is 0.296 e. The number of nitrogens with one attached hydrogen (secondary N) is 1. The van der Waals surface area contributed by atoms with Crippen LogP contribution in [0.25, 0.3) is 11.5 Å². The Morgan fingerprint density at radius 3 is 2.62 bits per heavy atom. The summed E-state index contributed by atoms with van der Waals surface area (Å²) in [6.07, 6.45) is 0. The molecule has 0 aliphatic rings. The Hall–Kier alpha value is -1.41. The SMILES string of the molecule is Cc1cc(-c2n[nH]c(S(=O)(=O)Cl)n2)n(C)n1. The van der Waals surface area contributed by atoms with Gasteiger partial charge in [0.25, 0.3) is 14.2 Å². The van der Waals surface area contributed by atoms with Crippen LogP contribution in [0.1, 0.15) is 5.69 Å². The van der Waals surface area contributed by atoms with Crippen molar-refractivity contribution >= 4 is 19.7 Å². The van der Waals surface area contributed by atoms with E-state index in [2.05, 4.69) is 20.3 Å². The summed E-state index contributed by atoms with van der Waals surface area (Å²) < 4.78 is 23.5. The maximum atomic E-state index is 11.0. The van der Waals surface area contributed by atoms with Crippen LogP contribution in [-0.4, -0.2) is 33.4 Å². The van der Waals surface area contributed by atoms with Gasteiger partial charge in [-0.25, -0.2) is 13.5 Å². The lowest BCUT2D eigenvalue weighted by atomic mass is 10.3. The molecule has 86 valence electrons. The minimum absolute atomic E-state index is 0.238. The van der Waals surface area contributed by atoms with E-state index in [9.17, 15) is 8.42 Å². The van der Waals surface area contributed by atoms with Gasteiger partial charge in [-0.15, -0.1) is 0 Å². The highest BCUT2D eigenvalue weighted by Crippen LogP contribution is 2.17. The maximum absolute atomic E-state index is 11.0. The van der Waals surface area contributed by atoms with Crippen LogP contribution < -0.4 is 0 Å². The number of aromatic amines is 1. The zero-order valence-corrected chi connectivity index (χ0v) is 10.0. The van der Waals surface area contributed by atoms with Gasteiger partial charge in [0, 0.05) is 17.7 Å². The fourth-order valence-corrected chi connectivity index (χ4v) is 1.85. The van der Waals surface area contributed by atoms with E-state index in [1.54, 1.807) is 17.8 Å². The van der Waals surface area contributed by atoms with E-state index in [0.717, 1.165) is 5.69 Å². The predicted octanol–water partition coefficient (Wildman–Crippen LogP) is 0.441. The number of rotatable bonds is 2. The first-order valence-corrected chi connectivity index (χ1v) is 6.57. The molecule has 0 radical (unpaired) electrons. The highest BCUT2D eigenvalue weighted by Gasteiger charge is 2.18. The molecule has 0 aliphatic heterocycles. The smallest absolute Gasteiger partial charge is 0.264 e. The molecule has 0 bridgehead atoms. The number of H-pyrrole nitrogens is 1. The minimum Gasteiger partial charge on any atom is -0.264 e. The summed E-state index contributed by atoms with van der Waals surface area (Å²) >= 11 is 0. The van der Waals surface area contributed by atoms with E-state index in [0.29, 0.717) is 5.69 Å². The van der Waals surface area contributed by atoms with Gasteiger partial charge in [0.05, 0.1) is 5.69 Å². The zero-order chi connectivity index (χ0) is 11.9. The van der Waals surface area contributed by atoms with Crippen LogP contribution in [-0.2, 0) is 16.1 Å². The van der Waals surface area contributed by atoms with Crippen molar-refractivity contribution in [2.24, 2.45) is 7.05 Å². The number of aromatic nitrogens is 5. The van der Waals surface area contributed by atoms with Crippen LogP contribution in [0.3, 0.4) is 0 Å². The maximum Gasteiger partial charge on any atom is 0.296 e. The van der Waals surface area contributed by atoms with E-state index < -0.39 is 9.05 Å². The second kappa shape index (κ2) is 3.56. The van der Waals surface area contributed by atoms with Gasteiger partial charge < -0.3 is 0 Å². The molecule has 0 saturated carbocycles. The molecule has 0 aliphatic carbocycles. The third-order valence-electron chi connectivity index (χ3n) is 1.93. The van der Waals surface area contributed by atoms with Crippen molar-refractivity contribution in [3.05, 3.63) is 11.8 Å². The molecule has 9 heteroatoms. The van der Waals surface area contributed by atoms with Crippen molar-refractivity contribution in [1.29, 1.82) is 0 Å². The number of nitrogens with zero attached hydrogens (tertiary/aromatic N) is 4. The summed E-state index contributed by atoms with van der Waals surface area (Å²) in [6, 6.07) is 1.74. The molecule has 0 fully saturated rings. The fourth-order valence-electron chi connectivity index (χ4n) is 1.29. The van der Waals surface area contributed by atoms with E-state index >= 15 is 0 Å². The molecule has 0 aromatic carbocycles. The Labute approximate surface area is 95.9 Å². The second-order valence-corrected chi connectivity index (χ2v) is 5.68. The third-order valence-corrected chi connectivity index (χ3v) is 3.01. The van der Waals surface area contributed by atoms with Crippen molar-refractivity contribution in [2.45, 2.75) is 12.1 Å². The third kappa shape index (κ3) is 1.93. The van der Waals surface area contributed by atoms with E-state index in [-0.39, 0.29) is 11.0 Å². The van der Waals surface area contributed by atoms with Gasteiger partial charge in [-0.2, -0.15) is 15.2 Å². The summed E-state index contributed by atoms with van der Waals surface area (Å²) in [7, 11) is 2.95. The topological polar surface area (TPSA) is 93.5 Å². The molecule has 1 N–H and O–H groups in total. The van der Waals surface area contributed by atoms with Crippen LogP contribution in [0.5, 0.6) is 0 Å². The van der Waals surface area contributed by atoms with Gasteiger partial charge in [0.1, 0.15) is 5.69 Å². The monoisotopic (exact) mass is 261 g/mol. The highest BCUT2D eigenvalue weighted by molar-refractivity contribution is 8.13. The number of halogens is 1. The van der Waals surface area contributed by atoms with Gasteiger partial charge >= 0.3 is 0 Å². The average Bonchev–Trinajstić information content (AvgIpc) is 2.70. The van der Waals surface area contributed by atoms with Gasteiger partial charge in [-0.3, -0.25) is 4.68 Å². The lowest BCUT2D eigenvalue weighted by Crippen LogP contribution is -1.96. The number of aryl methyl sites for hydroxylation is 2. The molecular formula is C7H8ClN5O2S. The van der Waals surface area contributed by atoms with E-state index in [1.165, 1.54) is 0 Å². The molecule has 2 aromatic heterocycles. The summed E-state index contributed by atoms with van der Waals surface area (Å²) in [5.74, 6) is 0.238. The Bertz CT molecular complexity index is 629. The molecular weight excluding hydrogens is 254 g/mol. The molecule has 0 saturated heterocycles. The molecule has 0 amide bonds. The Balaban J connectivity index is 2.51. The average molecular weight is 262 g/mol. The van der Waals surface area contributed by atoms with Crippen molar-refractivity contribution < 1.29 is 8.42 Å². The minimum atomic E-state index is -3.88. The van der Waals surface area contributed by atoms with Crippen molar-refractivity contribution in [3.63, 3.8) is 0 Å². The van der Waals surface area contributed by atoms with E-state index in [4.69, 9.17) is 10.7 Å². The normalized spacial score (nSPS) is 11.9. The molecule has 7 nitrogen and oxygen atoms in total. The second-order valence-electron chi connectivity index (χ2n) is 3.20. The summed E-state index contributed by atoms with van der Waals surface area (Å²) in [4.78, 5) is 3.78.